The van der Waals surface area contributed by atoms with Crippen molar-refractivity contribution >= 4 is 33.0 Å². The van der Waals surface area contributed by atoms with Crippen LogP contribution in [-0.4, -0.2) is 67.6 Å². The number of nitrogens with zero attached hydrogens (tertiary/aromatic N) is 2. The first-order valence-corrected chi connectivity index (χ1v) is 15.7. The van der Waals surface area contributed by atoms with Crippen LogP contribution >= 0.6 is 0 Å². The van der Waals surface area contributed by atoms with Crippen molar-refractivity contribution in [2.24, 2.45) is 5.92 Å². The van der Waals surface area contributed by atoms with Crippen molar-refractivity contribution in [2.45, 2.75) is 51.2 Å². The number of aromatic nitrogens is 1. The number of benzene rings is 3. The van der Waals surface area contributed by atoms with E-state index in [0.29, 0.717) is 23.3 Å². The van der Waals surface area contributed by atoms with Crippen molar-refractivity contribution in [2.75, 3.05) is 32.1 Å². The highest BCUT2D eigenvalue weighted by molar-refractivity contribution is 7.89. The highest BCUT2D eigenvalue weighted by Gasteiger charge is 2.32. The summed E-state index contributed by atoms with van der Waals surface area (Å²) in [6.45, 7) is 7.31. The van der Waals surface area contributed by atoms with Gasteiger partial charge in [-0.25, -0.2) is 8.42 Å². The molecule has 4 aromatic rings. The quantitative estimate of drug-likeness (QED) is 0.193. The lowest BCUT2D eigenvalue weighted by Gasteiger charge is -2.30. The maximum Gasteiger partial charge on any atom is 0.295 e. The smallest absolute Gasteiger partial charge is 0.295 e. The van der Waals surface area contributed by atoms with E-state index in [2.05, 4.69) is 15.6 Å². The minimum atomic E-state index is -4.04. The Morgan fingerprint density at radius 1 is 1.02 bits per heavy atom. The molecule has 2 unspecified atom stereocenters. The third-order valence-corrected chi connectivity index (χ3v) is 8.86. The summed E-state index contributed by atoms with van der Waals surface area (Å²) in [5.41, 5.74) is 3.56. The zero-order valence-electron chi connectivity index (χ0n) is 25.2. The fourth-order valence-corrected chi connectivity index (χ4v) is 6.54. The lowest BCUT2D eigenvalue weighted by atomic mass is 10.0. The van der Waals surface area contributed by atoms with Gasteiger partial charge in [0.1, 0.15) is 11.3 Å². The predicted octanol–water partition coefficient (Wildman–Crippen LogP) is 4.30. The molecule has 0 saturated carbocycles. The molecule has 0 aliphatic rings. The summed E-state index contributed by atoms with van der Waals surface area (Å²) in [6.07, 6.45) is -0.924. The summed E-state index contributed by atoms with van der Waals surface area (Å²) >= 11 is 0. The second-order valence-corrected chi connectivity index (χ2v) is 13.0. The molecule has 43 heavy (non-hydrogen) atoms. The number of amides is 1. The number of aliphatic hydroxyl groups is 1. The molecule has 0 spiro atoms. The van der Waals surface area contributed by atoms with E-state index in [-0.39, 0.29) is 36.5 Å². The first kappa shape index (κ1) is 32.0. The fourth-order valence-electron chi connectivity index (χ4n) is 4.90. The van der Waals surface area contributed by atoms with Gasteiger partial charge in [0, 0.05) is 26.2 Å². The number of nitrogens with one attached hydrogen (secondary N) is 2. The van der Waals surface area contributed by atoms with Crippen LogP contribution in [0.15, 0.2) is 76.0 Å². The zero-order chi connectivity index (χ0) is 31.1. The van der Waals surface area contributed by atoms with E-state index in [1.807, 2.05) is 76.2 Å². The topological polar surface area (TPSA) is 134 Å². The summed E-state index contributed by atoms with van der Waals surface area (Å²) in [4.78, 5) is 17.4. The minimum Gasteiger partial charge on any atom is -0.483 e. The number of aliphatic hydroxyl groups excluding tert-OH is 1. The molecule has 0 fully saturated rings. The molecule has 10 nitrogen and oxygen atoms in total. The Hall–Kier alpha value is -3.93. The Balaban J connectivity index is 1.56. The molecule has 3 aromatic carbocycles. The molecular weight excluding hydrogens is 568 g/mol. The molecule has 3 N–H and O–H groups in total. The average Bonchev–Trinajstić information content (AvgIpc) is 3.39. The van der Waals surface area contributed by atoms with E-state index in [0.717, 1.165) is 16.7 Å². The molecule has 0 saturated heterocycles. The summed E-state index contributed by atoms with van der Waals surface area (Å²) in [6, 6.07) is 19.2. The Kier molecular flexibility index (Phi) is 10.4. The van der Waals surface area contributed by atoms with Gasteiger partial charge in [-0.15, -0.1) is 0 Å². The predicted molar refractivity (Wildman–Crippen MR) is 167 cm³/mol. The van der Waals surface area contributed by atoms with Crippen molar-refractivity contribution in [3.63, 3.8) is 0 Å². The number of aryl methyl sites for hydroxylation is 2. The number of rotatable bonds is 14. The van der Waals surface area contributed by atoms with Crippen LogP contribution in [-0.2, 0) is 21.2 Å². The monoisotopic (exact) mass is 608 g/mol. The van der Waals surface area contributed by atoms with Gasteiger partial charge in [-0.1, -0.05) is 62.4 Å². The lowest BCUT2D eigenvalue weighted by Crippen LogP contribution is -2.52. The number of para-hydroxylation sites is 1. The Labute approximate surface area is 253 Å². The third-order valence-electron chi connectivity index (χ3n) is 7.04. The number of fused-ring (bicyclic) bond motifs is 1. The van der Waals surface area contributed by atoms with Crippen LogP contribution < -0.4 is 15.4 Å². The van der Waals surface area contributed by atoms with Crippen molar-refractivity contribution in [3.05, 3.63) is 83.4 Å². The van der Waals surface area contributed by atoms with Crippen LogP contribution in [0.5, 0.6) is 5.75 Å². The molecule has 11 heteroatoms. The molecule has 0 aliphatic carbocycles. The van der Waals surface area contributed by atoms with Gasteiger partial charge in [-0.2, -0.15) is 9.29 Å². The number of hydrogen-bond acceptors (Lipinski definition) is 8. The fraction of sp³-hybridized carbons (Fsp3) is 0.375. The van der Waals surface area contributed by atoms with Crippen molar-refractivity contribution in [1.82, 2.24) is 14.6 Å². The number of anilines is 1. The Morgan fingerprint density at radius 2 is 1.72 bits per heavy atom. The van der Waals surface area contributed by atoms with Gasteiger partial charge >= 0.3 is 0 Å². The molecule has 1 aromatic heterocycles. The number of sulfonamides is 1. The highest BCUT2D eigenvalue weighted by atomic mass is 32.2. The van der Waals surface area contributed by atoms with Gasteiger partial charge in [0.05, 0.1) is 17.0 Å². The molecule has 1 heterocycles. The number of ether oxygens (including phenoxy) is 1. The summed E-state index contributed by atoms with van der Waals surface area (Å²) in [7, 11) is -2.38. The van der Waals surface area contributed by atoms with Crippen molar-refractivity contribution in [3.8, 4) is 5.75 Å². The van der Waals surface area contributed by atoms with Gasteiger partial charge < -0.3 is 24.9 Å². The van der Waals surface area contributed by atoms with E-state index in [1.54, 1.807) is 13.1 Å². The van der Waals surface area contributed by atoms with E-state index in [1.165, 1.54) is 16.4 Å². The summed E-state index contributed by atoms with van der Waals surface area (Å²) in [5, 5.41) is 17.2. The highest BCUT2D eigenvalue weighted by Crippen LogP contribution is 2.26. The Bertz CT molecular complexity index is 1620. The summed E-state index contributed by atoms with van der Waals surface area (Å²) in [5.74, 6) is 0.189. The van der Waals surface area contributed by atoms with E-state index < -0.39 is 28.1 Å². The normalized spacial score (nSPS) is 13.3. The maximum absolute atomic E-state index is 13.9. The van der Waals surface area contributed by atoms with Gasteiger partial charge in [0.25, 0.3) is 11.9 Å². The van der Waals surface area contributed by atoms with Crippen LogP contribution in [0.2, 0.25) is 0 Å². The van der Waals surface area contributed by atoms with Gasteiger partial charge in [-0.05, 0) is 55.0 Å². The first-order valence-electron chi connectivity index (χ1n) is 14.3. The molecular formula is C32H40N4O6S. The zero-order valence-corrected chi connectivity index (χ0v) is 26.0. The largest absolute Gasteiger partial charge is 0.483 e. The molecule has 4 rings (SSSR count). The second-order valence-electron chi connectivity index (χ2n) is 11.1. The van der Waals surface area contributed by atoms with Crippen LogP contribution in [0.25, 0.3) is 11.1 Å². The van der Waals surface area contributed by atoms with Crippen LogP contribution in [0.1, 0.15) is 30.5 Å². The maximum atomic E-state index is 13.9. The number of hydrogen-bond donors (Lipinski definition) is 3. The van der Waals surface area contributed by atoms with E-state index >= 15 is 0 Å². The van der Waals surface area contributed by atoms with Gasteiger partial charge in [-0.3, -0.25) is 4.79 Å². The Morgan fingerprint density at radius 3 is 2.37 bits per heavy atom. The van der Waals surface area contributed by atoms with Crippen LogP contribution in [0.3, 0.4) is 0 Å². The molecule has 1 amide bonds. The SMILES string of the molecule is CNc1nc2ccc(S(=O)(=O)N(CC(C)C)CC(O)C(Cc3ccccc3)NC(=O)COc3c(C)cccc3C)cc2o1. The van der Waals surface area contributed by atoms with Crippen LogP contribution in [0, 0.1) is 19.8 Å². The number of oxazole rings is 1. The third kappa shape index (κ3) is 8.13. The van der Waals surface area contributed by atoms with Crippen LogP contribution in [0.4, 0.5) is 6.01 Å². The average molecular weight is 609 g/mol. The second kappa shape index (κ2) is 14.0. The first-order chi connectivity index (χ1) is 20.5. The van der Waals surface area contributed by atoms with Gasteiger partial charge in [0.2, 0.25) is 10.0 Å². The van der Waals surface area contributed by atoms with Gasteiger partial charge in [0.15, 0.2) is 12.2 Å². The summed E-state index contributed by atoms with van der Waals surface area (Å²) < 4.78 is 40.5. The molecule has 230 valence electrons. The lowest BCUT2D eigenvalue weighted by molar-refractivity contribution is -0.124. The molecule has 0 bridgehead atoms. The van der Waals surface area contributed by atoms with E-state index in [4.69, 9.17) is 9.15 Å². The number of carbonyl (C=O) groups excluding carboxylic acids is 1. The molecule has 0 radical (unpaired) electrons. The standard InChI is InChI=1S/C32H40N4O6S/c1-21(2)18-36(43(39,40)25-14-15-26-29(17-25)42-32(33-5)35-26)19-28(37)27(16-24-12-7-6-8-13-24)34-30(38)20-41-31-22(3)10-9-11-23(31)4/h6-15,17,21,27-28,37H,16,18-20H2,1-5H3,(H,33,35)(H,34,38). The minimum absolute atomic E-state index is 0.0253. The van der Waals surface area contributed by atoms with E-state index in [9.17, 15) is 18.3 Å². The van der Waals surface area contributed by atoms with Crippen molar-refractivity contribution in [1.29, 1.82) is 0 Å². The van der Waals surface area contributed by atoms with Crippen molar-refractivity contribution < 1.29 is 27.5 Å². The molecule has 2 atom stereocenters. The number of carbonyl (C=O) groups is 1. The molecule has 0 aliphatic heterocycles.